The van der Waals surface area contributed by atoms with Crippen molar-refractivity contribution in [2.24, 2.45) is 5.73 Å². The van der Waals surface area contributed by atoms with E-state index in [9.17, 15) is 9.90 Å². The third-order valence-electron chi connectivity index (χ3n) is 3.54. The van der Waals surface area contributed by atoms with E-state index in [1.54, 1.807) is 17.0 Å². The number of anilines is 1. The Bertz CT molecular complexity index is 490. The summed E-state index contributed by atoms with van der Waals surface area (Å²) in [6.07, 6.45) is 0.436. The van der Waals surface area contributed by atoms with Gasteiger partial charge in [0.05, 0.1) is 12.3 Å². The molecule has 0 aromatic heterocycles. The smallest absolute Gasteiger partial charge is 0.223 e. The monoisotopic (exact) mass is 264 g/mol. The lowest BCUT2D eigenvalue weighted by molar-refractivity contribution is -0.117. The molecule has 1 aliphatic heterocycles. The van der Waals surface area contributed by atoms with Gasteiger partial charge < -0.3 is 20.5 Å². The molecule has 0 saturated carbocycles. The molecule has 0 aliphatic carbocycles. The van der Waals surface area contributed by atoms with Crippen molar-refractivity contribution in [1.82, 2.24) is 0 Å². The predicted molar refractivity (Wildman–Crippen MR) is 73.2 cm³/mol. The van der Waals surface area contributed by atoms with E-state index in [-0.39, 0.29) is 12.5 Å². The largest absolute Gasteiger partial charge is 0.492 e. The van der Waals surface area contributed by atoms with Crippen LogP contribution in [-0.4, -0.2) is 30.7 Å². The number of rotatable bonds is 3. The number of hydrogen-bond donors (Lipinski definition) is 2. The van der Waals surface area contributed by atoms with Crippen LogP contribution < -0.4 is 15.4 Å². The first-order valence-electron chi connectivity index (χ1n) is 6.50. The van der Waals surface area contributed by atoms with Gasteiger partial charge >= 0.3 is 0 Å². The number of hydrogen-bond acceptors (Lipinski definition) is 4. The van der Waals surface area contributed by atoms with E-state index in [4.69, 9.17) is 10.5 Å². The van der Waals surface area contributed by atoms with Gasteiger partial charge in [0.25, 0.3) is 0 Å². The lowest BCUT2D eigenvalue weighted by Crippen LogP contribution is -2.46. The van der Waals surface area contributed by atoms with Gasteiger partial charge in [-0.05, 0) is 19.4 Å². The van der Waals surface area contributed by atoms with Crippen molar-refractivity contribution >= 4 is 11.6 Å². The molecule has 104 valence electrons. The molecule has 1 aromatic carbocycles. The molecule has 1 atom stereocenters. The minimum Gasteiger partial charge on any atom is -0.492 e. The van der Waals surface area contributed by atoms with Crippen LogP contribution in [-0.2, 0) is 10.4 Å². The molecule has 1 unspecified atom stereocenters. The number of carbonyl (C=O) groups excluding carboxylic acids is 1. The fourth-order valence-corrected chi connectivity index (χ4v) is 2.52. The van der Waals surface area contributed by atoms with Crippen LogP contribution in [0.25, 0.3) is 0 Å². The van der Waals surface area contributed by atoms with Gasteiger partial charge in [0, 0.05) is 25.6 Å². The summed E-state index contributed by atoms with van der Waals surface area (Å²) in [5, 5.41) is 10.6. The molecule has 3 N–H and O–H groups in total. The van der Waals surface area contributed by atoms with Gasteiger partial charge in [-0.3, -0.25) is 4.79 Å². The van der Waals surface area contributed by atoms with Crippen molar-refractivity contribution in [3.05, 3.63) is 23.8 Å². The van der Waals surface area contributed by atoms with Crippen LogP contribution in [0.3, 0.4) is 0 Å². The lowest BCUT2D eigenvalue weighted by atomic mass is 9.85. The fraction of sp³-hybridized carbons (Fsp3) is 0.500. The molecule has 5 nitrogen and oxygen atoms in total. The average Bonchev–Trinajstić information content (AvgIpc) is 2.40. The number of aliphatic hydroxyl groups is 1. The highest BCUT2D eigenvalue weighted by Crippen LogP contribution is 2.43. The highest BCUT2D eigenvalue weighted by atomic mass is 16.5. The van der Waals surface area contributed by atoms with Crippen molar-refractivity contribution in [3.8, 4) is 5.75 Å². The maximum Gasteiger partial charge on any atom is 0.223 e. The van der Waals surface area contributed by atoms with Gasteiger partial charge in [-0.25, -0.2) is 0 Å². The van der Waals surface area contributed by atoms with Crippen molar-refractivity contribution in [2.45, 2.75) is 25.9 Å². The van der Waals surface area contributed by atoms with E-state index in [2.05, 4.69) is 0 Å². The number of nitrogens with zero attached hydrogens (tertiary/aromatic N) is 1. The summed E-state index contributed by atoms with van der Waals surface area (Å²) in [5.74, 6) is 0.550. The Morgan fingerprint density at radius 3 is 2.89 bits per heavy atom. The summed E-state index contributed by atoms with van der Waals surface area (Å²) in [4.78, 5) is 13.4. The van der Waals surface area contributed by atoms with E-state index in [1.807, 2.05) is 13.0 Å². The van der Waals surface area contributed by atoms with E-state index < -0.39 is 5.60 Å². The predicted octanol–water partition coefficient (Wildman–Crippen LogP) is 0.988. The quantitative estimate of drug-likeness (QED) is 0.853. The zero-order valence-electron chi connectivity index (χ0n) is 11.3. The Hall–Kier alpha value is -1.59. The second-order valence-electron chi connectivity index (χ2n) is 4.74. The zero-order chi connectivity index (χ0) is 14.0. The van der Waals surface area contributed by atoms with Gasteiger partial charge in [-0.1, -0.05) is 12.1 Å². The van der Waals surface area contributed by atoms with Crippen molar-refractivity contribution in [3.63, 3.8) is 0 Å². The Kier molecular flexibility index (Phi) is 3.78. The Morgan fingerprint density at radius 2 is 2.32 bits per heavy atom. The molecular formula is C14H20N2O3. The van der Waals surface area contributed by atoms with Crippen molar-refractivity contribution in [1.29, 1.82) is 0 Å². The first kappa shape index (κ1) is 13.8. The third-order valence-corrected chi connectivity index (χ3v) is 3.54. The number of amides is 1. The fourth-order valence-electron chi connectivity index (χ4n) is 2.52. The van der Waals surface area contributed by atoms with Gasteiger partial charge in [-0.2, -0.15) is 0 Å². The molecule has 1 aromatic rings. The molecule has 0 fully saturated rings. The molecule has 19 heavy (non-hydrogen) atoms. The van der Waals surface area contributed by atoms with Crippen LogP contribution in [0.2, 0.25) is 0 Å². The second-order valence-corrected chi connectivity index (χ2v) is 4.74. The maximum absolute atomic E-state index is 11.8. The minimum absolute atomic E-state index is 0.0625. The number of nitrogens with two attached hydrogens (primary N) is 1. The van der Waals surface area contributed by atoms with Crippen molar-refractivity contribution < 1.29 is 14.6 Å². The third kappa shape index (κ3) is 2.31. The van der Waals surface area contributed by atoms with Gasteiger partial charge in [0.15, 0.2) is 0 Å². The highest BCUT2D eigenvalue weighted by Gasteiger charge is 2.39. The Balaban J connectivity index is 2.60. The molecule has 2 rings (SSSR count). The number of ether oxygens (including phenoxy) is 1. The molecule has 1 heterocycles. The zero-order valence-corrected chi connectivity index (χ0v) is 11.3. The van der Waals surface area contributed by atoms with Crippen LogP contribution in [0.15, 0.2) is 18.2 Å². The van der Waals surface area contributed by atoms with E-state index in [0.717, 1.165) is 0 Å². The summed E-state index contributed by atoms with van der Waals surface area (Å²) >= 11 is 0. The molecule has 1 aliphatic rings. The Morgan fingerprint density at radius 1 is 1.58 bits per heavy atom. The van der Waals surface area contributed by atoms with Gasteiger partial charge in [0.2, 0.25) is 5.91 Å². The molecule has 5 heteroatoms. The second kappa shape index (κ2) is 5.19. The highest BCUT2D eigenvalue weighted by molar-refractivity contribution is 5.95. The first-order valence-corrected chi connectivity index (χ1v) is 6.50. The summed E-state index contributed by atoms with van der Waals surface area (Å²) in [7, 11) is 0. The molecule has 0 saturated heterocycles. The van der Waals surface area contributed by atoms with Crippen molar-refractivity contribution in [2.75, 3.05) is 24.6 Å². The summed E-state index contributed by atoms with van der Waals surface area (Å²) in [6.45, 7) is 4.47. The number of carbonyl (C=O) groups is 1. The summed E-state index contributed by atoms with van der Waals surface area (Å²) in [6, 6.07) is 5.43. The molecule has 1 amide bonds. The number of fused-ring (bicyclic) bond motifs is 1. The topological polar surface area (TPSA) is 75.8 Å². The van der Waals surface area contributed by atoms with Crippen LogP contribution in [0.5, 0.6) is 5.75 Å². The van der Waals surface area contributed by atoms with Crippen LogP contribution in [0.4, 0.5) is 5.69 Å². The molecule has 0 bridgehead atoms. The number of para-hydroxylation sites is 1. The summed E-state index contributed by atoms with van der Waals surface area (Å²) < 4.78 is 5.58. The summed E-state index contributed by atoms with van der Waals surface area (Å²) in [5.41, 5.74) is 5.93. The Labute approximate surface area is 113 Å². The van der Waals surface area contributed by atoms with E-state index in [1.165, 1.54) is 6.92 Å². The van der Waals surface area contributed by atoms with Gasteiger partial charge in [-0.15, -0.1) is 0 Å². The minimum atomic E-state index is -1.09. The van der Waals surface area contributed by atoms with E-state index in [0.29, 0.717) is 36.6 Å². The molecule has 0 radical (unpaired) electrons. The average molecular weight is 264 g/mol. The van der Waals surface area contributed by atoms with E-state index >= 15 is 0 Å². The van der Waals surface area contributed by atoms with Crippen LogP contribution in [0.1, 0.15) is 25.8 Å². The maximum atomic E-state index is 11.8. The number of benzene rings is 1. The normalized spacial score (nSPS) is 22.0. The molecule has 0 spiro atoms. The van der Waals surface area contributed by atoms with Crippen LogP contribution >= 0.6 is 0 Å². The lowest BCUT2D eigenvalue weighted by Gasteiger charge is -2.39. The SMILES string of the molecule is CCOc1cccc2c1N(C(C)=O)CCC2(O)CN. The van der Waals surface area contributed by atoms with Crippen LogP contribution in [0, 0.1) is 0 Å². The standard InChI is InChI=1S/C14H20N2O3/c1-3-19-12-6-4-5-11-13(12)16(10(2)17)8-7-14(11,18)9-15/h4-6,18H,3,7-9,15H2,1-2H3. The first-order chi connectivity index (χ1) is 9.03. The van der Waals surface area contributed by atoms with Gasteiger partial charge in [0.1, 0.15) is 11.4 Å². The molecular weight excluding hydrogens is 244 g/mol.